The molecule has 0 saturated carbocycles. The van der Waals surface area contributed by atoms with Crippen LogP contribution in [-0.2, 0) is 0 Å². The first kappa shape index (κ1) is 10.4. The molecule has 0 fully saturated rings. The van der Waals surface area contributed by atoms with Gasteiger partial charge in [0.15, 0.2) is 0 Å². The molecule has 1 atom stereocenters. The number of hydrogen-bond donors (Lipinski definition) is 1. The number of nitrogens with two attached hydrogens (primary N) is 1. The number of aryl methyl sites for hydroxylation is 1. The summed E-state index contributed by atoms with van der Waals surface area (Å²) in [5, 5.41) is 2.95. The summed E-state index contributed by atoms with van der Waals surface area (Å²) < 4.78 is 0. The van der Waals surface area contributed by atoms with Crippen LogP contribution in [0.4, 0.5) is 0 Å². The predicted molar refractivity (Wildman–Crippen MR) is 64.1 cm³/mol. The van der Waals surface area contributed by atoms with E-state index < -0.39 is 0 Å². The molecule has 0 bridgehead atoms. The summed E-state index contributed by atoms with van der Waals surface area (Å²) in [4.78, 5) is 4.25. The van der Waals surface area contributed by atoms with Crippen LogP contribution in [0, 0.1) is 6.92 Å². The Morgan fingerprint density at radius 3 is 2.67 bits per heavy atom. The van der Waals surface area contributed by atoms with E-state index in [0.717, 1.165) is 27.1 Å². The number of pyridine rings is 1. The Morgan fingerprint density at radius 1 is 1.27 bits per heavy atom. The van der Waals surface area contributed by atoms with E-state index in [0.29, 0.717) is 0 Å². The van der Waals surface area contributed by atoms with E-state index in [2.05, 4.69) is 4.98 Å². The highest BCUT2D eigenvalue weighted by Gasteiger charge is 2.11. The van der Waals surface area contributed by atoms with E-state index in [4.69, 9.17) is 17.3 Å². The number of hydrogen-bond acceptors (Lipinski definition) is 2. The van der Waals surface area contributed by atoms with Crippen LogP contribution in [-0.4, -0.2) is 4.98 Å². The molecule has 78 valence electrons. The summed E-state index contributed by atoms with van der Waals surface area (Å²) in [6.07, 6.45) is 1.79. The average molecular weight is 221 g/mol. The van der Waals surface area contributed by atoms with Crippen LogP contribution in [0.2, 0.25) is 5.02 Å². The van der Waals surface area contributed by atoms with Gasteiger partial charge < -0.3 is 5.73 Å². The topological polar surface area (TPSA) is 38.9 Å². The number of benzene rings is 1. The highest BCUT2D eigenvalue weighted by Crippen LogP contribution is 2.30. The standard InChI is InChI=1S/C12H13ClN2/c1-7(14)12-10-5-6-15-8(2)9(10)3-4-11(12)13/h3-7H,14H2,1-2H3. The molecular formula is C12H13ClN2. The second kappa shape index (κ2) is 3.80. The molecule has 1 heterocycles. The third-order valence-corrected chi connectivity index (χ3v) is 2.92. The lowest BCUT2D eigenvalue weighted by atomic mass is 10.00. The van der Waals surface area contributed by atoms with Gasteiger partial charge in [-0.15, -0.1) is 0 Å². The van der Waals surface area contributed by atoms with Crippen LogP contribution in [0.3, 0.4) is 0 Å². The molecule has 0 radical (unpaired) electrons. The van der Waals surface area contributed by atoms with E-state index >= 15 is 0 Å². The minimum atomic E-state index is -0.0667. The number of nitrogens with zero attached hydrogens (tertiary/aromatic N) is 1. The van der Waals surface area contributed by atoms with Crippen molar-refractivity contribution in [2.45, 2.75) is 19.9 Å². The van der Waals surface area contributed by atoms with Gasteiger partial charge in [0.1, 0.15) is 0 Å². The molecular weight excluding hydrogens is 208 g/mol. The number of halogens is 1. The van der Waals surface area contributed by atoms with Gasteiger partial charge in [-0.05, 0) is 36.9 Å². The first-order valence-electron chi connectivity index (χ1n) is 4.90. The molecule has 3 heteroatoms. The molecule has 0 aliphatic rings. The average Bonchev–Trinajstić information content (AvgIpc) is 2.17. The van der Waals surface area contributed by atoms with E-state index in [1.54, 1.807) is 6.20 Å². The molecule has 1 aromatic heterocycles. The van der Waals surface area contributed by atoms with Gasteiger partial charge >= 0.3 is 0 Å². The van der Waals surface area contributed by atoms with Crippen molar-refractivity contribution in [1.82, 2.24) is 4.98 Å². The largest absolute Gasteiger partial charge is 0.324 e. The van der Waals surface area contributed by atoms with Crippen LogP contribution in [0.1, 0.15) is 24.2 Å². The third kappa shape index (κ3) is 1.71. The molecule has 2 rings (SSSR count). The molecule has 0 aliphatic heterocycles. The van der Waals surface area contributed by atoms with Crippen molar-refractivity contribution in [3.63, 3.8) is 0 Å². The normalized spacial score (nSPS) is 13.1. The first-order chi connectivity index (χ1) is 7.11. The van der Waals surface area contributed by atoms with E-state index in [9.17, 15) is 0 Å². The van der Waals surface area contributed by atoms with Crippen molar-refractivity contribution in [3.8, 4) is 0 Å². The van der Waals surface area contributed by atoms with Crippen LogP contribution in [0.25, 0.3) is 10.8 Å². The Labute approximate surface area is 94.1 Å². The Balaban J connectivity index is 2.88. The third-order valence-electron chi connectivity index (χ3n) is 2.59. The van der Waals surface area contributed by atoms with Gasteiger partial charge in [0.25, 0.3) is 0 Å². The lowest BCUT2D eigenvalue weighted by Gasteiger charge is -2.12. The van der Waals surface area contributed by atoms with Crippen molar-refractivity contribution in [2.24, 2.45) is 5.73 Å². The van der Waals surface area contributed by atoms with Gasteiger partial charge in [-0.1, -0.05) is 17.7 Å². The molecule has 15 heavy (non-hydrogen) atoms. The zero-order valence-electron chi connectivity index (χ0n) is 8.79. The Hall–Kier alpha value is -1.12. The fourth-order valence-corrected chi connectivity index (χ4v) is 2.20. The Kier molecular flexibility index (Phi) is 2.63. The van der Waals surface area contributed by atoms with E-state index in [1.807, 2.05) is 32.0 Å². The van der Waals surface area contributed by atoms with Crippen molar-refractivity contribution in [3.05, 3.63) is 40.7 Å². The predicted octanol–water partition coefficient (Wildman–Crippen LogP) is 3.22. The SMILES string of the molecule is Cc1nccc2c(C(C)N)c(Cl)ccc12. The maximum atomic E-state index is 6.15. The molecule has 1 unspecified atom stereocenters. The van der Waals surface area contributed by atoms with Crippen molar-refractivity contribution in [2.75, 3.05) is 0 Å². The van der Waals surface area contributed by atoms with E-state index in [1.165, 1.54) is 0 Å². The minimum Gasteiger partial charge on any atom is -0.324 e. The molecule has 2 N–H and O–H groups in total. The number of aromatic nitrogens is 1. The molecule has 0 aliphatic carbocycles. The summed E-state index contributed by atoms with van der Waals surface area (Å²) in [5.74, 6) is 0. The van der Waals surface area contributed by atoms with Gasteiger partial charge in [0.05, 0.1) is 0 Å². The molecule has 0 spiro atoms. The van der Waals surface area contributed by atoms with Gasteiger partial charge in [-0.2, -0.15) is 0 Å². The zero-order valence-corrected chi connectivity index (χ0v) is 9.55. The molecule has 2 aromatic rings. The smallest absolute Gasteiger partial charge is 0.0460 e. The Morgan fingerprint density at radius 2 is 2.00 bits per heavy atom. The van der Waals surface area contributed by atoms with Crippen molar-refractivity contribution in [1.29, 1.82) is 0 Å². The zero-order chi connectivity index (χ0) is 11.0. The lowest BCUT2D eigenvalue weighted by Crippen LogP contribution is -2.06. The Bertz CT molecular complexity index is 506. The highest BCUT2D eigenvalue weighted by molar-refractivity contribution is 6.32. The summed E-state index contributed by atoms with van der Waals surface area (Å²) in [5.41, 5.74) is 7.93. The van der Waals surface area contributed by atoms with Gasteiger partial charge in [0, 0.05) is 28.3 Å². The summed E-state index contributed by atoms with van der Waals surface area (Å²) in [6.45, 7) is 3.93. The van der Waals surface area contributed by atoms with E-state index in [-0.39, 0.29) is 6.04 Å². The van der Waals surface area contributed by atoms with Crippen LogP contribution >= 0.6 is 11.6 Å². The second-order valence-corrected chi connectivity index (χ2v) is 4.15. The van der Waals surface area contributed by atoms with Gasteiger partial charge in [-0.25, -0.2) is 0 Å². The van der Waals surface area contributed by atoms with Gasteiger partial charge in [0.2, 0.25) is 0 Å². The summed E-state index contributed by atoms with van der Waals surface area (Å²) in [7, 11) is 0. The van der Waals surface area contributed by atoms with Crippen LogP contribution < -0.4 is 5.73 Å². The maximum Gasteiger partial charge on any atom is 0.0460 e. The monoisotopic (exact) mass is 220 g/mol. The lowest BCUT2D eigenvalue weighted by molar-refractivity contribution is 0.826. The quantitative estimate of drug-likeness (QED) is 0.802. The van der Waals surface area contributed by atoms with Gasteiger partial charge in [-0.3, -0.25) is 4.98 Å². The maximum absolute atomic E-state index is 6.15. The van der Waals surface area contributed by atoms with Crippen molar-refractivity contribution >= 4 is 22.4 Å². The fraction of sp³-hybridized carbons (Fsp3) is 0.250. The second-order valence-electron chi connectivity index (χ2n) is 3.74. The summed E-state index contributed by atoms with van der Waals surface area (Å²) in [6, 6.07) is 5.78. The first-order valence-corrected chi connectivity index (χ1v) is 5.28. The fourth-order valence-electron chi connectivity index (χ4n) is 1.86. The van der Waals surface area contributed by atoms with Crippen LogP contribution in [0.15, 0.2) is 24.4 Å². The summed E-state index contributed by atoms with van der Waals surface area (Å²) >= 11 is 6.15. The molecule has 2 nitrogen and oxygen atoms in total. The molecule has 1 aromatic carbocycles. The molecule has 0 saturated heterocycles. The highest BCUT2D eigenvalue weighted by atomic mass is 35.5. The number of rotatable bonds is 1. The minimum absolute atomic E-state index is 0.0667. The molecule has 0 amide bonds. The van der Waals surface area contributed by atoms with Crippen molar-refractivity contribution < 1.29 is 0 Å². The van der Waals surface area contributed by atoms with Crippen LogP contribution in [0.5, 0.6) is 0 Å². The number of fused-ring (bicyclic) bond motifs is 1.